The lowest BCUT2D eigenvalue weighted by Crippen LogP contribution is -2.36. The number of hydrogen-bond acceptors (Lipinski definition) is 4. The second-order valence-electron chi connectivity index (χ2n) is 7.43. The van der Waals surface area contributed by atoms with Crippen molar-refractivity contribution in [1.82, 2.24) is 10.3 Å². The molecule has 2 N–H and O–H groups in total. The average molecular weight is 291 g/mol. The van der Waals surface area contributed by atoms with E-state index >= 15 is 0 Å². The van der Waals surface area contributed by atoms with Crippen LogP contribution in [0.2, 0.25) is 0 Å². The van der Waals surface area contributed by atoms with Crippen LogP contribution in [-0.4, -0.2) is 34.3 Å². The van der Waals surface area contributed by atoms with Crippen LogP contribution in [0.25, 0.3) is 0 Å². The summed E-state index contributed by atoms with van der Waals surface area (Å²) in [6, 6.07) is 4.14. The van der Waals surface area contributed by atoms with Gasteiger partial charge in [0.15, 0.2) is 0 Å². The number of anilines is 1. The Hall–Kier alpha value is -1.13. The van der Waals surface area contributed by atoms with Crippen LogP contribution in [0.15, 0.2) is 18.3 Å². The van der Waals surface area contributed by atoms with E-state index in [1.54, 1.807) is 0 Å². The Balaban J connectivity index is 2.12. The number of nitrogens with zero attached hydrogens (tertiary/aromatic N) is 2. The molecule has 118 valence electrons. The zero-order valence-corrected chi connectivity index (χ0v) is 13.8. The van der Waals surface area contributed by atoms with Crippen molar-refractivity contribution in [2.45, 2.75) is 64.6 Å². The fourth-order valence-corrected chi connectivity index (χ4v) is 2.69. The van der Waals surface area contributed by atoms with E-state index in [4.69, 9.17) is 0 Å². The number of nitrogens with one attached hydrogen (secondary N) is 1. The first-order valence-corrected chi connectivity index (χ1v) is 7.93. The van der Waals surface area contributed by atoms with Gasteiger partial charge in [0.25, 0.3) is 0 Å². The van der Waals surface area contributed by atoms with Gasteiger partial charge >= 0.3 is 0 Å². The van der Waals surface area contributed by atoms with Gasteiger partial charge < -0.3 is 15.3 Å². The molecule has 0 aliphatic carbocycles. The van der Waals surface area contributed by atoms with Crippen LogP contribution in [0, 0.1) is 0 Å². The van der Waals surface area contributed by atoms with E-state index in [0.29, 0.717) is 0 Å². The average Bonchev–Trinajstić information content (AvgIpc) is 2.57. The van der Waals surface area contributed by atoms with Gasteiger partial charge in [0.05, 0.1) is 5.60 Å². The predicted molar refractivity (Wildman–Crippen MR) is 87.5 cm³/mol. The molecule has 2 rings (SSSR count). The summed E-state index contributed by atoms with van der Waals surface area (Å²) in [4.78, 5) is 6.92. The highest BCUT2D eigenvalue weighted by atomic mass is 16.3. The quantitative estimate of drug-likeness (QED) is 0.899. The van der Waals surface area contributed by atoms with E-state index in [9.17, 15) is 5.11 Å². The fraction of sp³-hybridized carbons (Fsp3) is 0.706. The monoisotopic (exact) mass is 291 g/mol. The zero-order valence-electron chi connectivity index (χ0n) is 13.8. The van der Waals surface area contributed by atoms with Crippen LogP contribution < -0.4 is 10.2 Å². The highest BCUT2D eigenvalue weighted by molar-refractivity contribution is 5.47. The Bertz CT molecular complexity index is 465. The van der Waals surface area contributed by atoms with Crippen LogP contribution >= 0.6 is 0 Å². The van der Waals surface area contributed by atoms with Crippen molar-refractivity contribution >= 4 is 5.82 Å². The molecule has 0 saturated carbocycles. The summed E-state index contributed by atoms with van der Waals surface area (Å²) in [7, 11) is 0. The summed E-state index contributed by atoms with van der Waals surface area (Å²) < 4.78 is 0. The van der Waals surface area contributed by atoms with Gasteiger partial charge in [-0.3, -0.25) is 0 Å². The Morgan fingerprint density at radius 3 is 2.81 bits per heavy atom. The summed E-state index contributed by atoms with van der Waals surface area (Å²) in [6.45, 7) is 11.1. The predicted octanol–water partition coefficient (Wildman–Crippen LogP) is 2.71. The second kappa shape index (κ2) is 6.32. The maximum Gasteiger partial charge on any atom is 0.133 e. The summed E-state index contributed by atoms with van der Waals surface area (Å²) in [5.41, 5.74) is 0.789. The molecule has 4 nitrogen and oxygen atoms in total. The highest BCUT2D eigenvalue weighted by Gasteiger charge is 2.26. The summed E-state index contributed by atoms with van der Waals surface area (Å²) in [5, 5.41) is 13.8. The van der Waals surface area contributed by atoms with Gasteiger partial charge in [0.1, 0.15) is 5.82 Å². The third-order valence-electron chi connectivity index (χ3n) is 4.04. The molecule has 0 spiro atoms. The lowest BCUT2D eigenvalue weighted by atomic mass is 9.98. The van der Waals surface area contributed by atoms with Crippen molar-refractivity contribution < 1.29 is 5.11 Å². The maximum absolute atomic E-state index is 10.2. The molecule has 1 atom stereocenters. The van der Waals surface area contributed by atoms with Gasteiger partial charge in [-0.15, -0.1) is 0 Å². The third kappa shape index (κ3) is 4.97. The molecule has 4 heteroatoms. The van der Waals surface area contributed by atoms with Gasteiger partial charge in [0, 0.05) is 36.9 Å². The Labute approximate surface area is 128 Å². The Morgan fingerprint density at radius 1 is 1.33 bits per heavy atom. The summed E-state index contributed by atoms with van der Waals surface area (Å²) in [6.07, 6.45) is 4.54. The Morgan fingerprint density at radius 2 is 2.10 bits per heavy atom. The molecule has 0 radical (unpaired) electrons. The minimum atomic E-state index is -0.534. The Kier molecular flexibility index (Phi) is 4.89. The molecule has 0 amide bonds. The van der Waals surface area contributed by atoms with E-state index in [-0.39, 0.29) is 5.54 Å². The maximum atomic E-state index is 10.2. The van der Waals surface area contributed by atoms with E-state index in [1.165, 1.54) is 5.56 Å². The van der Waals surface area contributed by atoms with Crippen LogP contribution in [0.3, 0.4) is 0 Å². The minimum Gasteiger partial charge on any atom is -0.390 e. The lowest BCUT2D eigenvalue weighted by Gasteiger charge is -2.27. The van der Waals surface area contributed by atoms with E-state index in [1.807, 2.05) is 19.2 Å². The fourth-order valence-electron chi connectivity index (χ4n) is 2.69. The molecular formula is C17H29N3O. The van der Waals surface area contributed by atoms with Crippen molar-refractivity contribution in [3.05, 3.63) is 23.9 Å². The standard InChI is InChI=1S/C17H29N3O/c1-16(2,3)19-13-14-7-5-10-18-15(14)20-11-6-8-17(4,21)9-12-20/h5,7,10,19,21H,6,8-9,11-13H2,1-4H3. The number of aliphatic hydroxyl groups is 1. The van der Waals surface area contributed by atoms with E-state index in [0.717, 1.165) is 44.7 Å². The van der Waals surface area contributed by atoms with Gasteiger partial charge in [-0.1, -0.05) is 6.07 Å². The van der Waals surface area contributed by atoms with Crippen molar-refractivity contribution in [1.29, 1.82) is 0 Å². The van der Waals surface area contributed by atoms with Gasteiger partial charge in [-0.25, -0.2) is 4.98 Å². The molecule has 2 heterocycles. The first-order chi connectivity index (χ1) is 9.77. The van der Waals surface area contributed by atoms with Gasteiger partial charge in [0.2, 0.25) is 0 Å². The highest BCUT2D eigenvalue weighted by Crippen LogP contribution is 2.26. The van der Waals surface area contributed by atoms with Crippen molar-refractivity contribution in [3.63, 3.8) is 0 Å². The number of hydrogen-bond donors (Lipinski definition) is 2. The van der Waals surface area contributed by atoms with Crippen molar-refractivity contribution in [2.24, 2.45) is 0 Å². The number of aromatic nitrogens is 1. The second-order valence-corrected chi connectivity index (χ2v) is 7.43. The normalized spacial score (nSPS) is 24.0. The molecule has 1 aromatic rings. The van der Waals surface area contributed by atoms with E-state index < -0.39 is 5.60 Å². The van der Waals surface area contributed by atoms with Gasteiger partial charge in [-0.05, 0) is 53.0 Å². The molecule has 1 fully saturated rings. The minimum absolute atomic E-state index is 0.0928. The lowest BCUT2D eigenvalue weighted by molar-refractivity contribution is 0.0481. The van der Waals surface area contributed by atoms with Crippen LogP contribution in [0.1, 0.15) is 52.5 Å². The van der Waals surface area contributed by atoms with Crippen LogP contribution in [0.4, 0.5) is 5.82 Å². The van der Waals surface area contributed by atoms with Crippen LogP contribution in [-0.2, 0) is 6.54 Å². The van der Waals surface area contributed by atoms with Gasteiger partial charge in [-0.2, -0.15) is 0 Å². The van der Waals surface area contributed by atoms with Crippen LogP contribution in [0.5, 0.6) is 0 Å². The molecular weight excluding hydrogens is 262 g/mol. The first kappa shape index (κ1) is 16.2. The van der Waals surface area contributed by atoms with E-state index in [2.05, 4.69) is 42.0 Å². The topological polar surface area (TPSA) is 48.4 Å². The van der Waals surface area contributed by atoms with Crippen molar-refractivity contribution in [3.8, 4) is 0 Å². The summed E-state index contributed by atoms with van der Waals surface area (Å²) >= 11 is 0. The molecule has 21 heavy (non-hydrogen) atoms. The third-order valence-corrected chi connectivity index (χ3v) is 4.04. The summed E-state index contributed by atoms with van der Waals surface area (Å²) in [5.74, 6) is 1.06. The smallest absolute Gasteiger partial charge is 0.133 e. The van der Waals surface area contributed by atoms with Crippen molar-refractivity contribution in [2.75, 3.05) is 18.0 Å². The number of rotatable bonds is 3. The molecule has 1 aliphatic heterocycles. The largest absolute Gasteiger partial charge is 0.390 e. The molecule has 1 aromatic heterocycles. The molecule has 0 bridgehead atoms. The molecule has 1 aliphatic rings. The molecule has 0 aromatic carbocycles. The number of pyridine rings is 1. The zero-order chi connectivity index (χ0) is 15.5. The molecule has 1 saturated heterocycles. The SMILES string of the molecule is CC1(O)CCCN(c2ncccc2CNC(C)(C)C)CC1. The molecule has 1 unspecified atom stereocenters. The first-order valence-electron chi connectivity index (χ1n) is 7.93.